The highest BCUT2D eigenvalue weighted by molar-refractivity contribution is 7.99. The Morgan fingerprint density at radius 1 is 1.46 bits per heavy atom. The van der Waals surface area contributed by atoms with Gasteiger partial charge >= 0.3 is 0 Å². The number of thioether (sulfide) groups is 1. The Morgan fingerprint density at radius 2 is 2.23 bits per heavy atom. The van der Waals surface area contributed by atoms with Gasteiger partial charge in [-0.1, -0.05) is 20.8 Å². The Bertz CT molecular complexity index is 130. The van der Waals surface area contributed by atoms with Crippen LogP contribution in [-0.2, 0) is 0 Å². The van der Waals surface area contributed by atoms with Gasteiger partial charge < -0.3 is 5.32 Å². The molecule has 0 aromatic heterocycles. The molecule has 78 valence electrons. The van der Waals surface area contributed by atoms with Crippen LogP contribution in [0.1, 0.15) is 33.6 Å². The normalized spacial score (nSPS) is 25.4. The molecule has 1 aliphatic heterocycles. The first-order chi connectivity index (χ1) is 6.25. The van der Waals surface area contributed by atoms with E-state index in [0.29, 0.717) is 0 Å². The molecule has 0 amide bonds. The molecule has 0 spiro atoms. The van der Waals surface area contributed by atoms with Crippen molar-refractivity contribution in [1.29, 1.82) is 0 Å². The van der Waals surface area contributed by atoms with E-state index in [-0.39, 0.29) is 0 Å². The van der Waals surface area contributed by atoms with E-state index >= 15 is 0 Å². The molecular weight excluding hydrogens is 178 g/mol. The standard InChI is InChI=1S/C11H23NS/c1-4-6-12-11(9(2)3)10-5-7-13-8-10/h9-12H,4-8H2,1-3H3. The van der Waals surface area contributed by atoms with E-state index < -0.39 is 0 Å². The van der Waals surface area contributed by atoms with Gasteiger partial charge in [-0.15, -0.1) is 0 Å². The van der Waals surface area contributed by atoms with E-state index in [4.69, 9.17) is 0 Å². The fraction of sp³-hybridized carbons (Fsp3) is 1.00. The third kappa shape index (κ3) is 3.51. The van der Waals surface area contributed by atoms with Crippen LogP contribution in [0.2, 0.25) is 0 Å². The second-order valence-corrected chi connectivity index (χ2v) is 5.50. The minimum absolute atomic E-state index is 0.759. The SMILES string of the molecule is CCCNC(C(C)C)C1CCSC1. The summed E-state index contributed by atoms with van der Waals surface area (Å²) >= 11 is 2.12. The van der Waals surface area contributed by atoms with Crippen molar-refractivity contribution in [1.82, 2.24) is 5.32 Å². The molecule has 0 saturated carbocycles. The van der Waals surface area contributed by atoms with Crippen LogP contribution in [0.25, 0.3) is 0 Å². The van der Waals surface area contributed by atoms with E-state index in [1.165, 1.54) is 30.9 Å². The van der Waals surface area contributed by atoms with E-state index in [1.807, 2.05) is 0 Å². The molecule has 0 aromatic rings. The predicted octanol–water partition coefficient (Wildman–Crippen LogP) is 2.76. The van der Waals surface area contributed by atoms with Crippen molar-refractivity contribution in [2.45, 2.75) is 39.7 Å². The van der Waals surface area contributed by atoms with E-state index in [0.717, 1.165) is 17.9 Å². The molecule has 1 heterocycles. The minimum Gasteiger partial charge on any atom is -0.313 e. The van der Waals surface area contributed by atoms with Gasteiger partial charge in [-0.2, -0.15) is 11.8 Å². The lowest BCUT2D eigenvalue weighted by Crippen LogP contribution is -2.40. The molecule has 1 saturated heterocycles. The molecule has 0 radical (unpaired) electrons. The van der Waals surface area contributed by atoms with Crippen LogP contribution >= 0.6 is 11.8 Å². The summed E-state index contributed by atoms with van der Waals surface area (Å²) in [6, 6.07) is 0.759. The number of hydrogen-bond donors (Lipinski definition) is 1. The first kappa shape index (κ1) is 11.4. The van der Waals surface area contributed by atoms with Crippen molar-refractivity contribution in [2.24, 2.45) is 11.8 Å². The monoisotopic (exact) mass is 201 g/mol. The third-order valence-corrected chi connectivity index (χ3v) is 4.01. The van der Waals surface area contributed by atoms with Crippen molar-refractivity contribution >= 4 is 11.8 Å². The Kier molecular flexibility index (Phi) is 5.18. The average Bonchev–Trinajstić information content (AvgIpc) is 2.57. The van der Waals surface area contributed by atoms with E-state index in [1.54, 1.807) is 0 Å². The molecule has 1 rings (SSSR count). The fourth-order valence-corrected chi connectivity index (χ4v) is 3.41. The van der Waals surface area contributed by atoms with Crippen LogP contribution in [0.5, 0.6) is 0 Å². The van der Waals surface area contributed by atoms with Gasteiger partial charge in [-0.05, 0) is 42.7 Å². The zero-order valence-corrected chi connectivity index (χ0v) is 9.99. The molecule has 0 aliphatic carbocycles. The van der Waals surface area contributed by atoms with Crippen LogP contribution in [-0.4, -0.2) is 24.1 Å². The van der Waals surface area contributed by atoms with Crippen LogP contribution in [0.3, 0.4) is 0 Å². The van der Waals surface area contributed by atoms with Crippen molar-refractivity contribution in [3.8, 4) is 0 Å². The van der Waals surface area contributed by atoms with E-state index in [9.17, 15) is 0 Å². The van der Waals surface area contributed by atoms with Crippen LogP contribution in [0.4, 0.5) is 0 Å². The Balaban J connectivity index is 2.36. The third-order valence-electron chi connectivity index (χ3n) is 2.82. The van der Waals surface area contributed by atoms with Crippen LogP contribution in [0.15, 0.2) is 0 Å². The van der Waals surface area contributed by atoms with Gasteiger partial charge in [0.1, 0.15) is 0 Å². The van der Waals surface area contributed by atoms with Crippen molar-refractivity contribution < 1.29 is 0 Å². The summed E-state index contributed by atoms with van der Waals surface area (Å²) < 4.78 is 0. The summed E-state index contributed by atoms with van der Waals surface area (Å²) in [7, 11) is 0. The Morgan fingerprint density at radius 3 is 2.69 bits per heavy atom. The number of hydrogen-bond acceptors (Lipinski definition) is 2. The zero-order chi connectivity index (χ0) is 9.68. The van der Waals surface area contributed by atoms with E-state index in [2.05, 4.69) is 37.8 Å². The molecule has 1 aliphatic rings. The first-order valence-electron chi connectivity index (χ1n) is 5.56. The van der Waals surface area contributed by atoms with Crippen molar-refractivity contribution in [2.75, 3.05) is 18.1 Å². The second-order valence-electron chi connectivity index (χ2n) is 4.35. The molecule has 1 fully saturated rings. The summed E-state index contributed by atoms with van der Waals surface area (Å²) in [4.78, 5) is 0. The number of nitrogens with one attached hydrogen (secondary N) is 1. The molecule has 0 aromatic carbocycles. The highest BCUT2D eigenvalue weighted by Crippen LogP contribution is 2.29. The zero-order valence-electron chi connectivity index (χ0n) is 9.18. The first-order valence-corrected chi connectivity index (χ1v) is 6.72. The van der Waals surface area contributed by atoms with Crippen molar-refractivity contribution in [3.05, 3.63) is 0 Å². The maximum atomic E-state index is 3.70. The van der Waals surface area contributed by atoms with Crippen LogP contribution < -0.4 is 5.32 Å². The smallest absolute Gasteiger partial charge is 0.0126 e. The maximum absolute atomic E-state index is 3.70. The van der Waals surface area contributed by atoms with Gasteiger partial charge in [-0.3, -0.25) is 0 Å². The fourth-order valence-electron chi connectivity index (χ4n) is 2.09. The lowest BCUT2D eigenvalue weighted by Gasteiger charge is -2.27. The molecule has 1 nitrogen and oxygen atoms in total. The van der Waals surface area contributed by atoms with Crippen molar-refractivity contribution in [3.63, 3.8) is 0 Å². The predicted molar refractivity (Wildman–Crippen MR) is 62.4 cm³/mol. The molecule has 0 bridgehead atoms. The van der Waals surface area contributed by atoms with Gasteiger partial charge in [0, 0.05) is 6.04 Å². The summed E-state index contributed by atoms with van der Waals surface area (Å²) in [5, 5.41) is 3.70. The van der Waals surface area contributed by atoms with Crippen LogP contribution in [0, 0.1) is 11.8 Å². The summed E-state index contributed by atoms with van der Waals surface area (Å²) in [5.74, 6) is 4.47. The maximum Gasteiger partial charge on any atom is 0.0126 e. The largest absolute Gasteiger partial charge is 0.313 e. The summed E-state index contributed by atoms with van der Waals surface area (Å²) in [5.41, 5.74) is 0. The molecule has 13 heavy (non-hydrogen) atoms. The average molecular weight is 201 g/mol. The topological polar surface area (TPSA) is 12.0 Å². The lowest BCUT2D eigenvalue weighted by molar-refractivity contribution is 0.304. The Hall–Kier alpha value is 0.310. The molecular formula is C11H23NS. The van der Waals surface area contributed by atoms with Gasteiger partial charge in [0.05, 0.1) is 0 Å². The quantitative estimate of drug-likeness (QED) is 0.734. The Labute approximate surface area is 87.1 Å². The van der Waals surface area contributed by atoms with Gasteiger partial charge in [0.15, 0.2) is 0 Å². The molecule has 2 unspecified atom stereocenters. The highest BCUT2D eigenvalue weighted by atomic mass is 32.2. The molecule has 1 N–H and O–H groups in total. The second kappa shape index (κ2) is 5.92. The summed E-state index contributed by atoms with van der Waals surface area (Å²) in [6.07, 6.45) is 2.67. The summed E-state index contributed by atoms with van der Waals surface area (Å²) in [6.45, 7) is 8.12. The van der Waals surface area contributed by atoms with Gasteiger partial charge in [0.25, 0.3) is 0 Å². The molecule has 2 heteroatoms. The van der Waals surface area contributed by atoms with Gasteiger partial charge in [0.2, 0.25) is 0 Å². The number of rotatable bonds is 5. The minimum atomic E-state index is 0.759. The highest BCUT2D eigenvalue weighted by Gasteiger charge is 2.26. The molecule has 2 atom stereocenters. The van der Waals surface area contributed by atoms with Gasteiger partial charge in [-0.25, -0.2) is 0 Å². The lowest BCUT2D eigenvalue weighted by atomic mass is 9.90.